The van der Waals surface area contributed by atoms with Crippen LogP contribution in [-0.4, -0.2) is 53.4 Å². The van der Waals surface area contributed by atoms with Crippen LogP contribution in [0.15, 0.2) is 12.4 Å². The van der Waals surface area contributed by atoms with Gasteiger partial charge in [-0.3, -0.25) is 4.68 Å². The fraction of sp³-hybridized carbons (Fsp3) is 0.800. The minimum absolute atomic E-state index is 0.614. The summed E-state index contributed by atoms with van der Waals surface area (Å²) in [6.45, 7) is 10.8. The molecule has 0 radical (unpaired) electrons. The van der Waals surface area contributed by atoms with E-state index in [0.717, 1.165) is 45.0 Å². The van der Waals surface area contributed by atoms with Crippen LogP contribution in [-0.2, 0) is 6.54 Å². The number of hydrogen-bond donors (Lipinski definition) is 2. The Morgan fingerprint density at radius 3 is 2.95 bits per heavy atom. The maximum atomic E-state index is 4.43. The molecule has 1 aromatic rings. The molecule has 1 aromatic heterocycles. The van der Waals surface area contributed by atoms with Crippen LogP contribution in [0.25, 0.3) is 0 Å². The van der Waals surface area contributed by atoms with Crippen molar-refractivity contribution < 1.29 is 0 Å². The van der Waals surface area contributed by atoms with Gasteiger partial charge in [0.1, 0.15) is 0 Å². The first-order valence-electron chi connectivity index (χ1n) is 8.04. The SMILES string of the molecule is CCN(CC)CCn1cc(NCC2CCCCN2)cn1. The van der Waals surface area contributed by atoms with Gasteiger partial charge < -0.3 is 15.5 Å². The summed E-state index contributed by atoms with van der Waals surface area (Å²) in [5, 5.41) is 11.5. The third-order valence-electron chi connectivity index (χ3n) is 4.14. The smallest absolute Gasteiger partial charge is 0.0727 e. The molecular formula is C15H29N5. The summed E-state index contributed by atoms with van der Waals surface area (Å²) in [4.78, 5) is 2.42. The van der Waals surface area contributed by atoms with Crippen LogP contribution in [0.5, 0.6) is 0 Å². The summed E-state index contributed by atoms with van der Waals surface area (Å²) in [5.74, 6) is 0. The second-order valence-corrected chi connectivity index (χ2v) is 5.55. The van der Waals surface area contributed by atoms with Crippen molar-refractivity contribution in [1.82, 2.24) is 20.0 Å². The van der Waals surface area contributed by atoms with Gasteiger partial charge in [-0.15, -0.1) is 0 Å². The lowest BCUT2D eigenvalue weighted by Crippen LogP contribution is -2.39. The Bertz CT molecular complexity index is 366. The van der Waals surface area contributed by atoms with Crippen LogP contribution in [0, 0.1) is 0 Å². The van der Waals surface area contributed by atoms with E-state index >= 15 is 0 Å². The van der Waals surface area contributed by atoms with Crippen LogP contribution in [0.1, 0.15) is 33.1 Å². The van der Waals surface area contributed by atoms with Gasteiger partial charge in [-0.05, 0) is 32.5 Å². The van der Waals surface area contributed by atoms with E-state index in [1.807, 2.05) is 10.9 Å². The number of likely N-dealkylation sites (N-methyl/N-ethyl adjacent to an activating group) is 1. The predicted molar refractivity (Wildman–Crippen MR) is 84.1 cm³/mol. The first-order valence-corrected chi connectivity index (χ1v) is 8.04. The first kappa shape index (κ1) is 15.3. The second-order valence-electron chi connectivity index (χ2n) is 5.55. The summed E-state index contributed by atoms with van der Waals surface area (Å²) in [6.07, 6.45) is 8.00. The molecule has 0 saturated carbocycles. The molecule has 2 heterocycles. The lowest BCUT2D eigenvalue weighted by atomic mass is 10.1. The lowest BCUT2D eigenvalue weighted by molar-refractivity contribution is 0.285. The second kappa shape index (κ2) is 8.27. The molecule has 1 aliphatic heterocycles. The molecule has 2 rings (SSSR count). The third kappa shape index (κ3) is 4.80. The normalized spacial score (nSPS) is 19.4. The minimum Gasteiger partial charge on any atom is -0.381 e. The Morgan fingerprint density at radius 2 is 2.25 bits per heavy atom. The molecule has 0 bridgehead atoms. The zero-order valence-electron chi connectivity index (χ0n) is 12.9. The quantitative estimate of drug-likeness (QED) is 0.761. The molecule has 1 aliphatic rings. The zero-order valence-corrected chi connectivity index (χ0v) is 12.9. The van der Waals surface area contributed by atoms with Crippen LogP contribution in [0.2, 0.25) is 0 Å². The number of nitrogens with zero attached hydrogens (tertiary/aromatic N) is 3. The van der Waals surface area contributed by atoms with Crippen LogP contribution in [0.3, 0.4) is 0 Å². The molecule has 2 N–H and O–H groups in total. The van der Waals surface area contributed by atoms with Gasteiger partial charge in [-0.1, -0.05) is 20.3 Å². The van der Waals surface area contributed by atoms with Crippen molar-refractivity contribution in [2.45, 2.75) is 45.7 Å². The molecule has 0 aliphatic carbocycles. The van der Waals surface area contributed by atoms with E-state index < -0.39 is 0 Å². The maximum Gasteiger partial charge on any atom is 0.0727 e. The van der Waals surface area contributed by atoms with Gasteiger partial charge in [0.25, 0.3) is 0 Å². The molecule has 5 heteroatoms. The molecule has 1 saturated heterocycles. The molecule has 1 unspecified atom stereocenters. The van der Waals surface area contributed by atoms with Gasteiger partial charge in [0.2, 0.25) is 0 Å². The standard InChI is InChI=1S/C15H29N5/c1-3-19(4-2)9-10-20-13-15(12-18-20)17-11-14-7-5-6-8-16-14/h12-14,16-17H,3-11H2,1-2H3. The van der Waals surface area contributed by atoms with Crippen LogP contribution in [0.4, 0.5) is 5.69 Å². The van der Waals surface area contributed by atoms with Gasteiger partial charge in [0.15, 0.2) is 0 Å². The van der Waals surface area contributed by atoms with E-state index in [2.05, 4.69) is 40.7 Å². The predicted octanol–water partition coefficient (Wildman–Crippen LogP) is 1.78. The average Bonchev–Trinajstić information content (AvgIpc) is 2.95. The van der Waals surface area contributed by atoms with E-state index in [-0.39, 0.29) is 0 Å². The molecular weight excluding hydrogens is 250 g/mol. The number of anilines is 1. The Balaban J connectivity index is 1.71. The van der Waals surface area contributed by atoms with E-state index in [4.69, 9.17) is 0 Å². The van der Waals surface area contributed by atoms with Gasteiger partial charge in [0.05, 0.1) is 18.4 Å². The summed E-state index contributed by atoms with van der Waals surface area (Å²) >= 11 is 0. The van der Waals surface area contributed by atoms with Crippen molar-refractivity contribution in [2.24, 2.45) is 0 Å². The van der Waals surface area contributed by atoms with Crippen LogP contribution >= 0.6 is 0 Å². The molecule has 1 atom stereocenters. The first-order chi connectivity index (χ1) is 9.81. The highest BCUT2D eigenvalue weighted by atomic mass is 15.3. The van der Waals surface area contributed by atoms with Crippen molar-refractivity contribution in [3.8, 4) is 0 Å². The number of rotatable bonds is 8. The third-order valence-corrected chi connectivity index (χ3v) is 4.14. The Kier molecular flexibility index (Phi) is 6.33. The minimum atomic E-state index is 0.614. The molecule has 0 spiro atoms. The maximum absolute atomic E-state index is 4.43. The molecule has 5 nitrogen and oxygen atoms in total. The van der Waals surface area contributed by atoms with Crippen molar-refractivity contribution in [3.05, 3.63) is 12.4 Å². The number of aromatic nitrogens is 2. The van der Waals surface area contributed by atoms with E-state index in [9.17, 15) is 0 Å². The van der Waals surface area contributed by atoms with Gasteiger partial charge in [-0.2, -0.15) is 5.10 Å². The van der Waals surface area contributed by atoms with E-state index in [1.54, 1.807) is 0 Å². The fourth-order valence-corrected chi connectivity index (χ4v) is 2.70. The molecule has 114 valence electrons. The van der Waals surface area contributed by atoms with Crippen molar-refractivity contribution in [2.75, 3.05) is 38.0 Å². The van der Waals surface area contributed by atoms with Crippen LogP contribution < -0.4 is 10.6 Å². The van der Waals surface area contributed by atoms with Crippen molar-refractivity contribution in [1.29, 1.82) is 0 Å². The van der Waals surface area contributed by atoms with Crippen molar-refractivity contribution >= 4 is 5.69 Å². The summed E-state index contributed by atoms with van der Waals surface area (Å²) in [5.41, 5.74) is 1.14. The fourth-order valence-electron chi connectivity index (χ4n) is 2.70. The Morgan fingerprint density at radius 1 is 1.40 bits per heavy atom. The summed E-state index contributed by atoms with van der Waals surface area (Å²) in [6, 6.07) is 0.614. The largest absolute Gasteiger partial charge is 0.381 e. The highest BCUT2D eigenvalue weighted by molar-refractivity contribution is 5.38. The zero-order chi connectivity index (χ0) is 14.2. The van der Waals surface area contributed by atoms with E-state index in [1.165, 1.54) is 19.3 Å². The Hall–Kier alpha value is -1.07. The van der Waals surface area contributed by atoms with Gasteiger partial charge in [0, 0.05) is 25.3 Å². The molecule has 20 heavy (non-hydrogen) atoms. The monoisotopic (exact) mass is 279 g/mol. The Labute approximate surface area is 122 Å². The summed E-state index contributed by atoms with van der Waals surface area (Å²) < 4.78 is 2.04. The number of piperidine rings is 1. The highest BCUT2D eigenvalue weighted by Gasteiger charge is 2.12. The summed E-state index contributed by atoms with van der Waals surface area (Å²) in [7, 11) is 0. The highest BCUT2D eigenvalue weighted by Crippen LogP contribution is 2.09. The van der Waals surface area contributed by atoms with Gasteiger partial charge >= 0.3 is 0 Å². The molecule has 1 fully saturated rings. The van der Waals surface area contributed by atoms with Gasteiger partial charge in [-0.25, -0.2) is 0 Å². The molecule has 0 aromatic carbocycles. The van der Waals surface area contributed by atoms with E-state index in [0.29, 0.717) is 6.04 Å². The van der Waals surface area contributed by atoms with Crippen molar-refractivity contribution in [3.63, 3.8) is 0 Å². The molecule has 0 amide bonds. The number of nitrogens with one attached hydrogen (secondary N) is 2. The topological polar surface area (TPSA) is 45.1 Å². The average molecular weight is 279 g/mol. The lowest BCUT2D eigenvalue weighted by Gasteiger charge is -2.23. The number of hydrogen-bond acceptors (Lipinski definition) is 4.